The van der Waals surface area contributed by atoms with E-state index in [4.69, 9.17) is 4.42 Å². The molecule has 118 valence electrons. The first-order valence-electron chi connectivity index (χ1n) is 8.32. The minimum atomic E-state index is 0.924. The Morgan fingerprint density at radius 3 is 2.62 bits per heavy atom. The van der Waals surface area contributed by atoms with Crippen LogP contribution in [-0.4, -0.2) is 18.0 Å². The highest BCUT2D eigenvalue weighted by atomic mass is 16.3. The van der Waals surface area contributed by atoms with Crippen LogP contribution in [0, 0.1) is 11.8 Å². The van der Waals surface area contributed by atoms with Crippen LogP contribution in [0.2, 0.25) is 0 Å². The van der Waals surface area contributed by atoms with E-state index < -0.39 is 0 Å². The van der Waals surface area contributed by atoms with Gasteiger partial charge in [0.1, 0.15) is 5.58 Å². The van der Waals surface area contributed by atoms with Gasteiger partial charge in [0.05, 0.1) is 6.26 Å². The lowest BCUT2D eigenvalue weighted by Crippen LogP contribution is -2.28. The van der Waals surface area contributed by atoms with Crippen LogP contribution in [0.3, 0.4) is 0 Å². The topological polar surface area (TPSA) is 16.4 Å². The maximum absolute atomic E-state index is 5.63. The highest BCUT2D eigenvalue weighted by Crippen LogP contribution is 2.23. The van der Waals surface area contributed by atoms with Crippen LogP contribution in [0.5, 0.6) is 0 Å². The van der Waals surface area contributed by atoms with Gasteiger partial charge in [-0.25, -0.2) is 0 Å². The third-order valence-corrected chi connectivity index (χ3v) is 4.39. The molecular weight excluding hydrogens is 294 g/mol. The molecule has 0 N–H and O–H groups in total. The molecule has 0 bridgehead atoms. The van der Waals surface area contributed by atoms with Gasteiger partial charge in [0.25, 0.3) is 0 Å². The number of hydrogen-bond acceptors (Lipinski definition) is 2. The molecule has 0 saturated carbocycles. The first kappa shape index (κ1) is 14.8. The van der Waals surface area contributed by atoms with E-state index in [1.165, 1.54) is 16.5 Å². The van der Waals surface area contributed by atoms with Crippen molar-refractivity contribution in [2.75, 3.05) is 13.1 Å². The highest BCUT2D eigenvalue weighted by molar-refractivity contribution is 5.80. The molecule has 24 heavy (non-hydrogen) atoms. The first-order chi connectivity index (χ1) is 11.9. The lowest BCUT2D eigenvalue weighted by atomic mass is 10.1. The van der Waals surface area contributed by atoms with Crippen LogP contribution >= 0.6 is 0 Å². The van der Waals surface area contributed by atoms with Crippen LogP contribution in [0.4, 0.5) is 0 Å². The van der Waals surface area contributed by atoms with E-state index in [-0.39, 0.29) is 0 Å². The Bertz CT molecular complexity index is 925. The van der Waals surface area contributed by atoms with Gasteiger partial charge in [-0.15, -0.1) is 0 Å². The van der Waals surface area contributed by atoms with Gasteiger partial charge in [-0.05, 0) is 24.6 Å². The van der Waals surface area contributed by atoms with Gasteiger partial charge in [0.2, 0.25) is 0 Å². The molecule has 1 aliphatic heterocycles. The Morgan fingerprint density at radius 1 is 0.958 bits per heavy atom. The fraction of sp³-hybridized carbons (Fsp3) is 0.182. The smallest absolute Gasteiger partial charge is 0.134 e. The number of benzene rings is 2. The van der Waals surface area contributed by atoms with Crippen molar-refractivity contribution in [3.63, 3.8) is 0 Å². The average Bonchev–Trinajstić information content (AvgIpc) is 3.05. The van der Waals surface area contributed by atoms with Crippen molar-refractivity contribution in [3.05, 3.63) is 83.6 Å². The molecular formula is C22H19NO. The van der Waals surface area contributed by atoms with E-state index in [0.29, 0.717) is 0 Å². The van der Waals surface area contributed by atoms with E-state index in [9.17, 15) is 0 Å². The summed E-state index contributed by atoms with van der Waals surface area (Å²) in [5.41, 5.74) is 4.55. The van der Waals surface area contributed by atoms with Crippen molar-refractivity contribution in [3.8, 4) is 11.8 Å². The molecule has 0 atom stereocenters. The number of nitrogens with zero attached hydrogens (tertiary/aromatic N) is 1. The summed E-state index contributed by atoms with van der Waals surface area (Å²) in [5, 5.41) is 1.22. The largest absolute Gasteiger partial charge is 0.464 e. The third-order valence-electron chi connectivity index (χ3n) is 4.39. The standard InChI is InChI=1S/C22H19NO/c1-2-6-18(7-3-1)10-11-19-12-14-23(15-13-19)16-20-17-24-22-9-5-4-8-21(20)22/h1-9,12,17H,13-16H2. The Morgan fingerprint density at radius 2 is 1.79 bits per heavy atom. The lowest BCUT2D eigenvalue weighted by Gasteiger charge is -2.24. The molecule has 2 heteroatoms. The van der Waals surface area contributed by atoms with Gasteiger partial charge < -0.3 is 4.42 Å². The van der Waals surface area contributed by atoms with Crippen LogP contribution in [0.25, 0.3) is 11.0 Å². The van der Waals surface area contributed by atoms with Gasteiger partial charge in [-0.1, -0.05) is 54.3 Å². The Labute approximate surface area is 142 Å². The monoisotopic (exact) mass is 313 g/mol. The molecule has 2 heterocycles. The molecule has 0 aliphatic carbocycles. The molecule has 0 saturated heterocycles. The van der Waals surface area contributed by atoms with Crippen LogP contribution in [-0.2, 0) is 6.54 Å². The van der Waals surface area contributed by atoms with Crippen molar-refractivity contribution in [1.29, 1.82) is 0 Å². The summed E-state index contributed by atoms with van der Waals surface area (Å²) in [6, 6.07) is 18.4. The van der Waals surface area contributed by atoms with E-state index in [0.717, 1.165) is 37.2 Å². The van der Waals surface area contributed by atoms with Crippen molar-refractivity contribution >= 4 is 11.0 Å². The van der Waals surface area contributed by atoms with Crippen molar-refractivity contribution in [1.82, 2.24) is 4.90 Å². The van der Waals surface area contributed by atoms with Gasteiger partial charge in [-0.3, -0.25) is 4.90 Å². The number of hydrogen-bond donors (Lipinski definition) is 0. The predicted molar refractivity (Wildman–Crippen MR) is 97.5 cm³/mol. The molecule has 2 nitrogen and oxygen atoms in total. The van der Waals surface area contributed by atoms with Gasteiger partial charge in [-0.2, -0.15) is 0 Å². The van der Waals surface area contributed by atoms with Crippen LogP contribution in [0.15, 0.2) is 76.9 Å². The average molecular weight is 313 g/mol. The second kappa shape index (κ2) is 6.78. The predicted octanol–water partition coefficient (Wildman–Crippen LogP) is 4.62. The fourth-order valence-corrected chi connectivity index (χ4v) is 3.04. The Kier molecular flexibility index (Phi) is 4.18. The van der Waals surface area contributed by atoms with Gasteiger partial charge in [0.15, 0.2) is 0 Å². The Balaban J connectivity index is 1.42. The summed E-state index contributed by atoms with van der Waals surface area (Å²) < 4.78 is 5.63. The van der Waals surface area contributed by atoms with Gasteiger partial charge >= 0.3 is 0 Å². The summed E-state index contributed by atoms with van der Waals surface area (Å²) in [7, 11) is 0. The summed E-state index contributed by atoms with van der Waals surface area (Å²) >= 11 is 0. The van der Waals surface area contributed by atoms with E-state index >= 15 is 0 Å². The molecule has 1 aliphatic rings. The fourth-order valence-electron chi connectivity index (χ4n) is 3.04. The molecule has 3 aromatic rings. The first-order valence-corrected chi connectivity index (χ1v) is 8.32. The second-order valence-corrected chi connectivity index (χ2v) is 6.09. The summed E-state index contributed by atoms with van der Waals surface area (Å²) in [6.45, 7) is 2.90. The number of fused-ring (bicyclic) bond motifs is 1. The molecule has 0 fully saturated rings. The second-order valence-electron chi connectivity index (χ2n) is 6.09. The van der Waals surface area contributed by atoms with E-state index in [1.54, 1.807) is 0 Å². The maximum atomic E-state index is 5.63. The normalized spacial score (nSPS) is 14.9. The van der Waals surface area contributed by atoms with E-state index in [1.807, 2.05) is 48.7 Å². The molecule has 0 amide bonds. The van der Waals surface area contributed by atoms with Gasteiger partial charge in [0, 0.05) is 41.7 Å². The Hall–Kier alpha value is -2.76. The summed E-state index contributed by atoms with van der Waals surface area (Å²) in [4.78, 5) is 2.44. The maximum Gasteiger partial charge on any atom is 0.134 e. The SMILES string of the molecule is C(#Cc1ccccc1)C1=CCN(Cc2coc3ccccc23)CC1. The summed E-state index contributed by atoms with van der Waals surface area (Å²) in [6.07, 6.45) is 5.15. The van der Waals surface area contributed by atoms with Crippen LogP contribution < -0.4 is 0 Å². The molecule has 2 aromatic carbocycles. The van der Waals surface area contributed by atoms with E-state index in [2.05, 4.69) is 34.9 Å². The zero-order chi connectivity index (χ0) is 16.2. The molecule has 1 aromatic heterocycles. The third kappa shape index (κ3) is 3.27. The minimum Gasteiger partial charge on any atom is -0.464 e. The van der Waals surface area contributed by atoms with Crippen molar-refractivity contribution in [2.45, 2.75) is 13.0 Å². The highest BCUT2D eigenvalue weighted by Gasteiger charge is 2.13. The molecule has 4 rings (SSSR count). The zero-order valence-electron chi connectivity index (χ0n) is 13.5. The number of para-hydroxylation sites is 1. The zero-order valence-corrected chi connectivity index (χ0v) is 13.5. The van der Waals surface area contributed by atoms with Crippen molar-refractivity contribution < 1.29 is 4.42 Å². The quantitative estimate of drug-likeness (QED) is 0.642. The van der Waals surface area contributed by atoms with Crippen LogP contribution in [0.1, 0.15) is 17.5 Å². The lowest BCUT2D eigenvalue weighted by molar-refractivity contribution is 0.288. The summed E-state index contributed by atoms with van der Waals surface area (Å²) in [5.74, 6) is 6.56. The number of rotatable bonds is 2. The number of furan rings is 1. The van der Waals surface area contributed by atoms with Crippen molar-refractivity contribution in [2.24, 2.45) is 0 Å². The molecule has 0 spiro atoms. The molecule has 0 radical (unpaired) electrons. The minimum absolute atomic E-state index is 0.924. The molecule has 0 unspecified atom stereocenters.